The van der Waals surface area contributed by atoms with Gasteiger partial charge in [0.25, 0.3) is 0 Å². The van der Waals surface area contributed by atoms with E-state index in [-0.39, 0.29) is 5.56 Å². The minimum absolute atomic E-state index is 0.223. The molecule has 1 fully saturated rings. The first-order chi connectivity index (χ1) is 15.2. The van der Waals surface area contributed by atoms with E-state index in [9.17, 15) is 25.5 Å². The number of hydrogen-bond acceptors (Lipinski definition) is 8. The highest BCUT2D eigenvalue weighted by atomic mass is 16.7. The zero-order chi connectivity index (χ0) is 23.1. The van der Waals surface area contributed by atoms with Gasteiger partial charge in [-0.25, -0.2) is 0 Å². The fraction of sp³-hybridized carbons (Fsp3) is 0.500. The second-order valence-corrected chi connectivity index (χ2v) is 8.64. The molecule has 0 bridgehead atoms. The summed E-state index contributed by atoms with van der Waals surface area (Å²) in [5, 5.41) is 52.2. The zero-order valence-electron chi connectivity index (χ0n) is 18.2. The first-order valence-corrected chi connectivity index (χ1v) is 10.8. The van der Waals surface area contributed by atoms with Crippen molar-refractivity contribution in [2.45, 2.75) is 56.4 Å². The van der Waals surface area contributed by atoms with Crippen LogP contribution in [0, 0.1) is 0 Å². The molecular weight excluding hydrogens is 416 g/mol. The molecule has 0 aromatic heterocycles. The molecule has 2 aliphatic rings. The zero-order valence-corrected chi connectivity index (χ0v) is 18.2. The van der Waals surface area contributed by atoms with E-state index in [0.29, 0.717) is 31.1 Å². The van der Waals surface area contributed by atoms with Crippen LogP contribution in [0.2, 0.25) is 0 Å². The van der Waals surface area contributed by atoms with Gasteiger partial charge in [-0.1, -0.05) is 25.1 Å². The molecule has 0 saturated carbocycles. The van der Waals surface area contributed by atoms with Crippen LogP contribution < -0.4 is 9.47 Å². The number of ether oxygens (including phenoxy) is 3. The van der Waals surface area contributed by atoms with Crippen LogP contribution in [-0.4, -0.2) is 69.3 Å². The van der Waals surface area contributed by atoms with E-state index in [1.165, 1.54) is 6.92 Å². The number of hydrogen-bond donors (Lipinski definition) is 5. The summed E-state index contributed by atoms with van der Waals surface area (Å²) in [4.78, 5) is 0. The van der Waals surface area contributed by atoms with Crippen molar-refractivity contribution in [3.05, 3.63) is 58.7 Å². The topological polar surface area (TPSA) is 129 Å². The van der Waals surface area contributed by atoms with Gasteiger partial charge in [-0.05, 0) is 54.7 Å². The summed E-state index contributed by atoms with van der Waals surface area (Å²) in [7, 11) is 0. The molecule has 0 unspecified atom stereocenters. The second kappa shape index (κ2) is 8.62. The van der Waals surface area contributed by atoms with Gasteiger partial charge in [0, 0.05) is 5.56 Å². The van der Waals surface area contributed by atoms with E-state index in [1.54, 1.807) is 12.1 Å². The van der Waals surface area contributed by atoms with Crippen LogP contribution in [0.25, 0.3) is 0 Å². The number of aliphatic hydroxyl groups is 5. The van der Waals surface area contributed by atoms with Gasteiger partial charge in [0.15, 0.2) is 11.5 Å². The second-order valence-electron chi connectivity index (χ2n) is 8.64. The molecule has 2 aromatic rings. The van der Waals surface area contributed by atoms with E-state index < -0.39 is 36.3 Å². The van der Waals surface area contributed by atoms with Gasteiger partial charge in [0.05, 0.1) is 6.61 Å². The average Bonchev–Trinajstić information content (AvgIpc) is 2.81. The third kappa shape index (κ3) is 3.87. The number of aryl methyl sites for hydroxylation is 1. The first kappa shape index (κ1) is 23.0. The smallest absolute Gasteiger partial charge is 0.222 e. The molecule has 2 aromatic carbocycles. The number of fused-ring (bicyclic) bond motifs is 1. The van der Waals surface area contributed by atoms with E-state index in [2.05, 4.69) is 0 Å². The molecule has 1 saturated heterocycles. The summed E-state index contributed by atoms with van der Waals surface area (Å²) in [6.07, 6.45) is -3.82. The first-order valence-electron chi connectivity index (χ1n) is 10.8. The molecule has 5 atom stereocenters. The highest BCUT2D eigenvalue weighted by Gasteiger charge is 2.58. The van der Waals surface area contributed by atoms with Crippen molar-refractivity contribution in [3.63, 3.8) is 0 Å². The Morgan fingerprint density at radius 1 is 0.938 bits per heavy atom. The highest BCUT2D eigenvalue weighted by molar-refractivity contribution is 5.46. The molecule has 0 amide bonds. The maximum absolute atomic E-state index is 11.3. The molecule has 2 aliphatic heterocycles. The Hall–Kier alpha value is -2.20. The van der Waals surface area contributed by atoms with Crippen molar-refractivity contribution in [1.82, 2.24) is 0 Å². The summed E-state index contributed by atoms with van der Waals surface area (Å²) in [5.41, 5.74) is 1.49. The predicted molar refractivity (Wildman–Crippen MR) is 115 cm³/mol. The van der Waals surface area contributed by atoms with Crippen molar-refractivity contribution in [2.24, 2.45) is 0 Å². The number of aliphatic hydroxyl groups excluding tert-OH is 4. The molecule has 5 N–H and O–H groups in total. The molecule has 0 aliphatic carbocycles. The maximum atomic E-state index is 11.3. The number of benzene rings is 2. The van der Waals surface area contributed by atoms with Crippen LogP contribution in [-0.2, 0) is 23.4 Å². The minimum Gasteiger partial charge on any atom is -0.486 e. The third-order valence-corrected chi connectivity index (χ3v) is 6.38. The van der Waals surface area contributed by atoms with E-state index in [4.69, 9.17) is 14.2 Å². The largest absolute Gasteiger partial charge is 0.486 e. The average molecular weight is 446 g/mol. The van der Waals surface area contributed by atoms with E-state index in [1.807, 2.05) is 31.2 Å². The lowest BCUT2D eigenvalue weighted by atomic mass is 9.81. The quantitative estimate of drug-likeness (QED) is 0.452. The molecule has 8 heteroatoms. The van der Waals surface area contributed by atoms with Crippen LogP contribution in [0.15, 0.2) is 36.4 Å². The standard InChI is InChI=1S/C24H30O8/c1-3-15-5-6-17(24(29)22(28)20(26)21(27)23(2,13-25)32-24)12-16(15)10-14-4-7-18-19(11-14)31-9-8-30-18/h4-7,11-12,20-22,25-29H,3,8-10,13H2,1-2H3/t20-,21-,22+,23+,24-/m0/s1. The Balaban J connectivity index is 1.70. The Kier molecular flexibility index (Phi) is 6.19. The monoisotopic (exact) mass is 446 g/mol. The van der Waals surface area contributed by atoms with Gasteiger partial charge in [0.2, 0.25) is 5.79 Å². The van der Waals surface area contributed by atoms with Crippen LogP contribution in [0.3, 0.4) is 0 Å². The molecule has 8 nitrogen and oxygen atoms in total. The summed E-state index contributed by atoms with van der Waals surface area (Å²) >= 11 is 0. The van der Waals surface area contributed by atoms with E-state index in [0.717, 1.165) is 23.1 Å². The van der Waals surface area contributed by atoms with Gasteiger partial charge in [-0.15, -0.1) is 0 Å². The molecule has 32 heavy (non-hydrogen) atoms. The van der Waals surface area contributed by atoms with Crippen molar-refractivity contribution in [1.29, 1.82) is 0 Å². The van der Waals surface area contributed by atoms with Gasteiger partial charge >= 0.3 is 0 Å². The molecule has 0 radical (unpaired) electrons. The Morgan fingerprint density at radius 3 is 2.34 bits per heavy atom. The molecule has 0 spiro atoms. The summed E-state index contributed by atoms with van der Waals surface area (Å²) in [5.74, 6) is -0.930. The minimum atomic E-state index is -2.32. The summed E-state index contributed by atoms with van der Waals surface area (Å²) in [6.45, 7) is 3.74. The van der Waals surface area contributed by atoms with E-state index >= 15 is 0 Å². The fourth-order valence-corrected chi connectivity index (χ4v) is 4.37. The lowest BCUT2D eigenvalue weighted by Gasteiger charge is -2.50. The van der Waals surface area contributed by atoms with Crippen molar-refractivity contribution in [3.8, 4) is 11.5 Å². The predicted octanol–water partition coefficient (Wildman–Crippen LogP) is 0.620. The normalized spacial score (nSPS) is 32.0. The molecule has 174 valence electrons. The number of rotatable bonds is 5. The summed E-state index contributed by atoms with van der Waals surface area (Å²) < 4.78 is 16.9. The van der Waals surface area contributed by atoms with Crippen LogP contribution >= 0.6 is 0 Å². The highest BCUT2D eigenvalue weighted by Crippen LogP contribution is 2.42. The fourth-order valence-electron chi connectivity index (χ4n) is 4.37. The van der Waals surface area contributed by atoms with Gasteiger partial charge in [0.1, 0.15) is 37.1 Å². The van der Waals surface area contributed by atoms with Crippen LogP contribution in [0.1, 0.15) is 36.1 Å². The lowest BCUT2D eigenvalue weighted by Crippen LogP contribution is -2.68. The Bertz CT molecular complexity index is 978. The lowest BCUT2D eigenvalue weighted by molar-refractivity contribution is -0.386. The molecule has 2 heterocycles. The van der Waals surface area contributed by atoms with Crippen LogP contribution in [0.4, 0.5) is 0 Å². The Morgan fingerprint density at radius 2 is 1.66 bits per heavy atom. The molecule has 4 rings (SSSR count). The third-order valence-electron chi connectivity index (χ3n) is 6.38. The summed E-state index contributed by atoms with van der Waals surface area (Å²) in [6, 6.07) is 10.9. The van der Waals surface area contributed by atoms with Crippen molar-refractivity contribution >= 4 is 0 Å². The van der Waals surface area contributed by atoms with Gasteiger partial charge in [-0.2, -0.15) is 0 Å². The van der Waals surface area contributed by atoms with Crippen molar-refractivity contribution < 1.29 is 39.7 Å². The van der Waals surface area contributed by atoms with Gasteiger partial charge < -0.3 is 39.7 Å². The van der Waals surface area contributed by atoms with Crippen LogP contribution in [0.5, 0.6) is 11.5 Å². The molecular formula is C24H30O8. The Labute approximate surface area is 186 Å². The maximum Gasteiger partial charge on any atom is 0.222 e. The van der Waals surface area contributed by atoms with Crippen molar-refractivity contribution in [2.75, 3.05) is 19.8 Å². The SMILES string of the molecule is CCc1ccc([C@]2(O)O[C@](C)(CO)[C@@H](O)[C@H](O)[C@H]2O)cc1Cc1ccc2c(c1)OCCO2. The van der Waals surface area contributed by atoms with Gasteiger partial charge in [-0.3, -0.25) is 0 Å².